The zero-order chi connectivity index (χ0) is 15.2. The second-order valence-electron chi connectivity index (χ2n) is 5.23. The fourth-order valence-electron chi connectivity index (χ4n) is 1.97. The maximum absolute atomic E-state index is 11.9. The van der Waals surface area contributed by atoms with E-state index >= 15 is 0 Å². The Bertz CT molecular complexity index is 362. The van der Waals surface area contributed by atoms with E-state index in [4.69, 9.17) is 14.9 Å². The molecule has 0 aromatic rings. The van der Waals surface area contributed by atoms with Crippen molar-refractivity contribution in [3.63, 3.8) is 0 Å². The summed E-state index contributed by atoms with van der Waals surface area (Å²) in [6.07, 6.45) is 1.59. The average molecular weight is 288 g/mol. The third kappa shape index (κ3) is 5.43. The number of carbonyl (C=O) groups is 3. The number of rotatable bonds is 6. The van der Waals surface area contributed by atoms with Crippen molar-refractivity contribution in [1.82, 2.24) is 10.2 Å². The van der Waals surface area contributed by atoms with Crippen LogP contribution in [0.25, 0.3) is 0 Å². The van der Waals surface area contributed by atoms with Crippen LogP contribution in [0.5, 0.6) is 0 Å². The van der Waals surface area contributed by atoms with Crippen LogP contribution < -0.4 is 5.32 Å². The molecule has 1 aliphatic rings. The van der Waals surface area contributed by atoms with E-state index < -0.39 is 31.1 Å². The molecule has 0 bridgehead atoms. The van der Waals surface area contributed by atoms with Crippen LogP contribution in [0.2, 0.25) is 0 Å². The lowest BCUT2D eigenvalue weighted by Gasteiger charge is -2.34. The van der Waals surface area contributed by atoms with Gasteiger partial charge in [0.2, 0.25) is 0 Å². The van der Waals surface area contributed by atoms with Crippen LogP contribution in [0.15, 0.2) is 0 Å². The summed E-state index contributed by atoms with van der Waals surface area (Å²) < 4.78 is 5.25. The lowest BCUT2D eigenvalue weighted by Crippen LogP contribution is -2.48. The van der Waals surface area contributed by atoms with Crippen molar-refractivity contribution in [3.05, 3.63) is 0 Å². The van der Waals surface area contributed by atoms with Gasteiger partial charge in [0, 0.05) is 19.8 Å². The molecular formula is C12H20N2O6. The lowest BCUT2D eigenvalue weighted by atomic mass is 9.82. The van der Waals surface area contributed by atoms with Gasteiger partial charge < -0.3 is 25.2 Å². The first-order chi connectivity index (χ1) is 9.32. The molecule has 0 aromatic carbocycles. The van der Waals surface area contributed by atoms with Crippen molar-refractivity contribution in [2.75, 3.05) is 32.8 Å². The molecule has 1 saturated heterocycles. The SMILES string of the molecule is CC1(CNC(=O)N(CC(=O)O)CC(=O)O)CCOCC1. The van der Waals surface area contributed by atoms with E-state index in [0.29, 0.717) is 19.8 Å². The topological polar surface area (TPSA) is 116 Å². The van der Waals surface area contributed by atoms with E-state index in [-0.39, 0.29) is 5.41 Å². The van der Waals surface area contributed by atoms with E-state index in [2.05, 4.69) is 5.32 Å². The zero-order valence-corrected chi connectivity index (χ0v) is 11.4. The van der Waals surface area contributed by atoms with Crippen molar-refractivity contribution in [2.24, 2.45) is 5.41 Å². The summed E-state index contributed by atoms with van der Waals surface area (Å²) in [7, 11) is 0. The smallest absolute Gasteiger partial charge is 0.323 e. The fraction of sp³-hybridized carbons (Fsp3) is 0.750. The lowest BCUT2D eigenvalue weighted by molar-refractivity contribution is -0.140. The Labute approximate surface area is 116 Å². The molecule has 8 heteroatoms. The second-order valence-corrected chi connectivity index (χ2v) is 5.23. The van der Waals surface area contributed by atoms with Crippen molar-refractivity contribution in [1.29, 1.82) is 0 Å². The molecule has 0 spiro atoms. The molecule has 0 radical (unpaired) electrons. The number of ether oxygens (including phenoxy) is 1. The highest BCUT2D eigenvalue weighted by molar-refractivity contribution is 5.84. The van der Waals surface area contributed by atoms with Gasteiger partial charge >= 0.3 is 18.0 Å². The quantitative estimate of drug-likeness (QED) is 0.632. The normalized spacial score (nSPS) is 17.2. The molecular weight excluding hydrogens is 268 g/mol. The fourth-order valence-corrected chi connectivity index (χ4v) is 1.97. The van der Waals surface area contributed by atoms with Crippen LogP contribution in [0, 0.1) is 5.41 Å². The minimum absolute atomic E-state index is 0.105. The third-order valence-corrected chi connectivity index (χ3v) is 3.31. The Balaban J connectivity index is 2.52. The number of nitrogens with one attached hydrogen (secondary N) is 1. The molecule has 1 heterocycles. The van der Waals surface area contributed by atoms with Gasteiger partial charge in [0.05, 0.1) is 0 Å². The Hall–Kier alpha value is -1.83. The van der Waals surface area contributed by atoms with Crippen molar-refractivity contribution in [2.45, 2.75) is 19.8 Å². The first kappa shape index (κ1) is 16.2. The van der Waals surface area contributed by atoms with Crippen LogP contribution in [0.3, 0.4) is 0 Å². The van der Waals surface area contributed by atoms with Crippen molar-refractivity contribution in [3.8, 4) is 0 Å². The largest absolute Gasteiger partial charge is 0.480 e. The molecule has 3 N–H and O–H groups in total. The van der Waals surface area contributed by atoms with E-state index in [0.717, 1.165) is 17.7 Å². The Morgan fingerprint density at radius 2 is 1.65 bits per heavy atom. The van der Waals surface area contributed by atoms with Crippen molar-refractivity contribution < 1.29 is 29.3 Å². The van der Waals surface area contributed by atoms with Gasteiger partial charge in [0.25, 0.3) is 0 Å². The first-order valence-electron chi connectivity index (χ1n) is 6.36. The molecule has 0 unspecified atom stereocenters. The monoisotopic (exact) mass is 288 g/mol. The van der Waals surface area contributed by atoms with Gasteiger partial charge in [-0.25, -0.2) is 4.79 Å². The van der Waals surface area contributed by atoms with Gasteiger partial charge in [-0.15, -0.1) is 0 Å². The number of aliphatic carboxylic acids is 2. The summed E-state index contributed by atoms with van der Waals surface area (Å²) >= 11 is 0. The number of urea groups is 1. The van der Waals surface area contributed by atoms with Gasteiger partial charge in [-0.2, -0.15) is 0 Å². The Kier molecular flexibility index (Phi) is 5.75. The molecule has 1 aliphatic heterocycles. The minimum Gasteiger partial charge on any atom is -0.480 e. The molecule has 114 valence electrons. The minimum atomic E-state index is -1.25. The zero-order valence-electron chi connectivity index (χ0n) is 11.4. The summed E-state index contributed by atoms with van der Waals surface area (Å²) in [4.78, 5) is 33.9. The van der Waals surface area contributed by atoms with E-state index in [1.807, 2.05) is 6.92 Å². The van der Waals surface area contributed by atoms with E-state index in [9.17, 15) is 14.4 Å². The summed E-state index contributed by atoms with van der Waals surface area (Å²) in [6.45, 7) is 2.34. The predicted octanol–water partition coefficient (Wildman–Crippen LogP) is -0.0161. The number of carboxylic acids is 2. The molecule has 20 heavy (non-hydrogen) atoms. The van der Waals surface area contributed by atoms with Gasteiger partial charge in [-0.05, 0) is 18.3 Å². The molecule has 8 nitrogen and oxygen atoms in total. The van der Waals surface area contributed by atoms with E-state index in [1.54, 1.807) is 0 Å². The summed E-state index contributed by atoms with van der Waals surface area (Å²) in [5.41, 5.74) is -0.105. The predicted molar refractivity (Wildman–Crippen MR) is 68.4 cm³/mol. The number of amides is 2. The van der Waals surface area contributed by atoms with Crippen molar-refractivity contribution >= 4 is 18.0 Å². The average Bonchev–Trinajstić information content (AvgIpc) is 2.35. The van der Waals surface area contributed by atoms with Gasteiger partial charge in [0.15, 0.2) is 0 Å². The number of carbonyl (C=O) groups excluding carboxylic acids is 1. The molecule has 2 amide bonds. The van der Waals surface area contributed by atoms with Crippen LogP contribution in [-0.4, -0.2) is 65.9 Å². The summed E-state index contributed by atoms with van der Waals surface area (Å²) in [6, 6.07) is -0.678. The van der Waals surface area contributed by atoms with Gasteiger partial charge in [0.1, 0.15) is 13.1 Å². The first-order valence-corrected chi connectivity index (χ1v) is 6.36. The standard InChI is InChI=1S/C12H20N2O6/c1-12(2-4-20-5-3-12)8-13-11(19)14(6-9(15)16)7-10(17)18/h2-8H2,1H3,(H,13,19)(H,15,16)(H,17,18). The summed E-state index contributed by atoms with van der Waals surface area (Å²) in [5.74, 6) is -2.50. The molecule has 1 rings (SSSR count). The Morgan fingerprint density at radius 3 is 2.10 bits per heavy atom. The van der Waals surface area contributed by atoms with Gasteiger partial charge in [-0.1, -0.05) is 6.92 Å². The number of carboxylic acid groups (broad SMARTS) is 2. The third-order valence-electron chi connectivity index (χ3n) is 3.31. The Morgan fingerprint density at radius 1 is 1.15 bits per heavy atom. The van der Waals surface area contributed by atoms with E-state index in [1.165, 1.54) is 0 Å². The molecule has 0 saturated carbocycles. The highest BCUT2D eigenvalue weighted by Gasteiger charge is 2.29. The van der Waals surface area contributed by atoms with Crippen LogP contribution in [-0.2, 0) is 14.3 Å². The number of hydrogen-bond donors (Lipinski definition) is 3. The molecule has 1 fully saturated rings. The number of nitrogens with zero attached hydrogens (tertiary/aromatic N) is 1. The molecule has 0 atom stereocenters. The van der Waals surface area contributed by atoms with Crippen LogP contribution in [0.4, 0.5) is 4.79 Å². The maximum Gasteiger partial charge on any atom is 0.323 e. The van der Waals surface area contributed by atoms with Gasteiger partial charge in [-0.3, -0.25) is 9.59 Å². The van der Waals surface area contributed by atoms with Crippen LogP contribution >= 0.6 is 0 Å². The maximum atomic E-state index is 11.9. The highest BCUT2D eigenvalue weighted by atomic mass is 16.5. The summed E-state index contributed by atoms with van der Waals surface area (Å²) in [5, 5.41) is 20.0. The number of hydrogen-bond acceptors (Lipinski definition) is 4. The highest BCUT2D eigenvalue weighted by Crippen LogP contribution is 2.28. The molecule has 0 aliphatic carbocycles. The molecule has 0 aromatic heterocycles. The van der Waals surface area contributed by atoms with Crippen LogP contribution in [0.1, 0.15) is 19.8 Å². The second kappa shape index (κ2) is 7.09.